The lowest BCUT2D eigenvalue weighted by Gasteiger charge is -2.17. The number of aromatic nitrogens is 4. The zero-order chi connectivity index (χ0) is 22.5. The zero-order valence-corrected chi connectivity index (χ0v) is 17.7. The van der Waals surface area contributed by atoms with E-state index in [9.17, 15) is 18.6 Å². The van der Waals surface area contributed by atoms with Gasteiger partial charge in [-0.1, -0.05) is 24.3 Å². The van der Waals surface area contributed by atoms with E-state index in [2.05, 4.69) is 37.1 Å². The molecule has 0 radical (unpaired) electrons. The van der Waals surface area contributed by atoms with Gasteiger partial charge in [-0.2, -0.15) is 13.1 Å². The molecule has 1 saturated heterocycles. The van der Waals surface area contributed by atoms with Crippen LogP contribution in [0, 0.1) is 0 Å². The first-order valence-corrected chi connectivity index (χ1v) is 11.7. The first-order chi connectivity index (χ1) is 15.3. The number of aliphatic hydroxyl groups excluding tert-OH is 2. The first kappa shape index (κ1) is 21.2. The lowest BCUT2D eigenvalue weighted by Crippen LogP contribution is -2.42. The van der Waals surface area contributed by atoms with Crippen molar-refractivity contribution in [2.45, 2.75) is 43.4 Å². The SMILES string of the molecule is NS(=O)(=O)NC[C@H]1O[C@@H](n2cnc3c(N[C@@H]4CCc5ccccc54)ncnc32)[C@H](O)[C@@H]1O. The molecule has 6 N–H and O–H groups in total. The van der Waals surface area contributed by atoms with E-state index < -0.39 is 34.7 Å². The van der Waals surface area contributed by atoms with Crippen LogP contribution < -0.4 is 15.2 Å². The van der Waals surface area contributed by atoms with Gasteiger partial charge in [0.2, 0.25) is 0 Å². The Hall–Kier alpha value is -2.68. The molecule has 5 atom stereocenters. The third kappa shape index (κ3) is 3.83. The second-order valence-corrected chi connectivity index (χ2v) is 9.30. The largest absolute Gasteiger partial charge is 0.387 e. The van der Waals surface area contributed by atoms with E-state index in [1.54, 1.807) is 0 Å². The van der Waals surface area contributed by atoms with Crippen LogP contribution in [0.15, 0.2) is 36.9 Å². The van der Waals surface area contributed by atoms with Crippen LogP contribution >= 0.6 is 0 Å². The van der Waals surface area contributed by atoms with Gasteiger partial charge in [-0.25, -0.2) is 20.1 Å². The number of imidazole rings is 1. The highest BCUT2D eigenvalue weighted by Gasteiger charge is 2.44. The Labute approximate surface area is 183 Å². The molecule has 1 aromatic carbocycles. The summed E-state index contributed by atoms with van der Waals surface area (Å²) in [6.45, 7) is -0.289. The number of nitrogens with zero attached hydrogens (tertiary/aromatic N) is 4. The fourth-order valence-corrected chi connectivity index (χ4v) is 4.74. The van der Waals surface area contributed by atoms with E-state index in [0.717, 1.165) is 12.8 Å². The lowest BCUT2D eigenvalue weighted by atomic mass is 10.1. The van der Waals surface area contributed by atoms with Crippen molar-refractivity contribution in [2.24, 2.45) is 5.14 Å². The molecule has 13 heteroatoms. The van der Waals surface area contributed by atoms with E-state index in [1.807, 2.05) is 12.1 Å². The standard InChI is InChI=1S/C19H23N7O5S/c20-32(29,30)24-7-13-15(27)16(28)19(31-13)26-9-23-14-17(21-8-22-18(14)26)25-12-6-5-10-3-1-2-4-11(10)12/h1-4,8-9,12-13,15-16,19,24,27-28H,5-7H2,(H2,20,29,30)(H,21,22,25)/t12-,13-,15-,16-,19-/m1/s1. The summed E-state index contributed by atoms with van der Waals surface area (Å²) in [4.78, 5) is 13.0. The number of ether oxygens (including phenoxy) is 1. The van der Waals surface area contributed by atoms with Crippen LogP contribution in [0.4, 0.5) is 5.82 Å². The second kappa shape index (κ2) is 8.03. The Bertz CT molecular complexity index is 1250. The summed E-state index contributed by atoms with van der Waals surface area (Å²) >= 11 is 0. The van der Waals surface area contributed by atoms with Crippen molar-refractivity contribution < 1.29 is 23.4 Å². The summed E-state index contributed by atoms with van der Waals surface area (Å²) in [5, 5.41) is 29.2. The van der Waals surface area contributed by atoms with Crippen molar-refractivity contribution in [3.8, 4) is 0 Å². The van der Waals surface area contributed by atoms with Crippen molar-refractivity contribution in [3.63, 3.8) is 0 Å². The lowest BCUT2D eigenvalue weighted by molar-refractivity contribution is -0.0330. The van der Waals surface area contributed by atoms with Gasteiger partial charge in [0, 0.05) is 6.54 Å². The fraction of sp³-hybridized carbons (Fsp3) is 0.421. The minimum Gasteiger partial charge on any atom is -0.387 e. The number of benzene rings is 1. The number of rotatable bonds is 6. The Morgan fingerprint density at radius 3 is 2.81 bits per heavy atom. The molecule has 0 bridgehead atoms. The number of aliphatic hydroxyl groups is 2. The summed E-state index contributed by atoms with van der Waals surface area (Å²) in [5.74, 6) is 0.552. The molecule has 0 unspecified atom stereocenters. The number of nitrogens with two attached hydrogens (primary N) is 1. The smallest absolute Gasteiger partial charge is 0.274 e. The molecule has 1 fully saturated rings. The van der Waals surface area contributed by atoms with Crippen molar-refractivity contribution in [1.82, 2.24) is 24.2 Å². The minimum atomic E-state index is -3.97. The molecule has 3 aromatic rings. The number of fused-ring (bicyclic) bond motifs is 2. The van der Waals surface area contributed by atoms with Gasteiger partial charge in [0.1, 0.15) is 24.6 Å². The molecule has 0 spiro atoms. The highest BCUT2D eigenvalue weighted by molar-refractivity contribution is 7.87. The fourth-order valence-electron chi connectivity index (χ4n) is 4.34. The number of hydrogen-bond donors (Lipinski definition) is 5. The van der Waals surface area contributed by atoms with E-state index in [1.165, 1.54) is 28.3 Å². The number of aryl methyl sites for hydroxylation is 1. The quantitative estimate of drug-likeness (QED) is 0.319. The molecular weight excluding hydrogens is 438 g/mol. The topological polar surface area (TPSA) is 178 Å². The zero-order valence-electron chi connectivity index (χ0n) is 16.9. The van der Waals surface area contributed by atoms with Gasteiger partial charge < -0.3 is 20.3 Å². The Morgan fingerprint density at radius 1 is 1.19 bits per heavy atom. The second-order valence-electron chi connectivity index (χ2n) is 7.92. The average Bonchev–Trinajstić information content (AvgIpc) is 3.44. The minimum absolute atomic E-state index is 0.0956. The van der Waals surface area contributed by atoms with Crippen molar-refractivity contribution in [3.05, 3.63) is 48.0 Å². The molecule has 1 aliphatic heterocycles. The third-order valence-corrected chi connectivity index (χ3v) is 6.47. The summed E-state index contributed by atoms with van der Waals surface area (Å²) in [5.41, 5.74) is 3.43. The molecule has 3 heterocycles. The van der Waals surface area contributed by atoms with Crippen LogP contribution in [0.25, 0.3) is 11.2 Å². The highest BCUT2D eigenvalue weighted by atomic mass is 32.2. The molecular formula is C19H23N7O5S. The van der Waals surface area contributed by atoms with Gasteiger partial charge in [-0.05, 0) is 24.0 Å². The maximum Gasteiger partial charge on any atom is 0.274 e. The van der Waals surface area contributed by atoms with Gasteiger partial charge in [-0.3, -0.25) is 4.57 Å². The van der Waals surface area contributed by atoms with Gasteiger partial charge in [0.15, 0.2) is 23.2 Å². The predicted octanol–water partition coefficient (Wildman–Crippen LogP) is -0.662. The normalized spacial score (nSPS) is 27.7. The Kier molecular flexibility index (Phi) is 5.31. The first-order valence-electron chi connectivity index (χ1n) is 10.1. The van der Waals surface area contributed by atoms with Crippen molar-refractivity contribution in [1.29, 1.82) is 0 Å². The van der Waals surface area contributed by atoms with E-state index in [4.69, 9.17) is 9.88 Å². The summed E-state index contributed by atoms with van der Waals surface area (Å²) in [6, 6.07) is 8.34. The van der Waals surface area contributed by atoms with Crippen LogP contribution in [0.3, 0.4) is 0 Å². The van der Waals surface area contributed by atoms with Crippen LogP contribution in [-0.4, -0.2) is 63.0 Å². The van der Waals surface area contributed by atoms with Crippen LogP contribution in [0.5, 0.6) is 0 Å². The summed E-state index contributed by atoms with van der Waals surface area (Å²) in [7, 11) is -3.97. The van der Waals surface area contributed by atoms with Crippen LogP contribution in [-0.2, 0) is 21.4 Å². The number of anilines is 1. The van der Waals surface area contributed by atoms with Gasteiger partial charge in [0.25, 0.3) is 10.2 Å². The van der Waals surface area contributed by atoms with Crippen LogP contribution in [0.1, 0.15) is 29.8 Å². The Balaban J connectivity index is 1.40. The molecule has 170 valence electrons. The van der Waals surface area contributed by atoms with E-state index >= 15 is 0 Å². The van der Waals surface area contributed by atoms with Crippen LogP contribution in [0.2, 0.25) is 0 Å². The van der Waals surface area contributed by atoms with E-state index in [-0.39, 0.29) is 12.6 Å². The maximum atomic E-state index is 11.1. The molecule has 2 aromatic heterocycles. The monoisotopic (exact) mass is 461 g/mol. The summed E-state index contributed by atoms with van der Waals surface area (Å²) in [6.07, 6.45) is 0.0714. The molecule has 32 heavy (non-hydrogen) atoms. The summed E-state index contributed by atoms with van der Waals surface area (Å²) < 4.78 is 31.6. The molecule has 5 rings (SSSR count). The molecule has 12 nitrogen and oxygen atoms in total. The van der Waals surface area contributed by atoms with Crippen molar-refractivity contribution >= 4 is 27.2 Å². The molecule has 0 saturated carbocycles. The molecule has 0 amide bonds. The third-order valence-electron chi connectivity index (χ3n) is 5.90. The van der Waals surface area contributed by atoms with Crippen molar-refractivity contribution in [2.75, 3.05) is 11.9 Å². The van der Waals surface area contributed by atoms with Gasteiger partial charge >= 0.3 is 0 Å². The molecule has 2 aliphatic rings. The maximum absolute atomic E-state index is 11.1. The average molecular weight is 462 g/mol. The van der Waals surface area contributed by atoms with Gasteiger partial charge in [-0.15, -0.1) is 0 Å². The highest BCUT2D eigenvalue weighted by Crippen LogP contribution is 2.36. The molecule has 1 aliphatic carbocycles. The number of hydrogen-bond acceptors (Lipinski definition) is 9. The Morgan fingerprint density at radius 2 is 2.00 bits per heavy atom. The van der Waals surface area contributed by atoms with E-state index in [0.29, 0.717) is 17.0 Å². The number of nitrogens with one attached hydrogen (secondary N) is 2. The van der Waals surface area contributed by atoms with Gasteiger partial charge in [0.05, 0.1) is 12.4 Å². The predicted molar refractivity (Wildman–Crippen MR) is 113 cm³/mol.